The Hall–Kier alpha value is -2.21. The normalized spacial score (nSPS) is 21.9. The minimum atomic E-state index is -0.839. The molecule has 1 aromatic carbocycles. The fraction of sp³-hybridized carbons (Fsp3) is 0.438. The Morgan fingerprint density at radius 3 is 2.50 bits per heavy atom. The van der Waals surface area contributed by atoms with Crippen LogP contribution in [0, 0.1) is 0 Å². The van der Waals surface area contributed by atoms with Gasteiger partial charge in [0.2, 0.25) is 5.91 Å². The number of nitrogens with one attached hydrogen (secondary N) is 1. The van der Waals surface area contributed by atoms with E-state index in [0.29, 0.717) is 24.3 Å². The first kappa shape index (κ1) is 14.7. The number of imide groups is 1. The third kappa shape index (κ3) is 2.50. The minimum absolute atomic E-state index is 0.0262. The van der Waals surface area contributed by atoms with Crippen molar-refractivity contribution in [2.24, 2.45) is 0 Å². The molecule has 6 heteroatoms. The molecular weight excluding hydrogens is 284 g/mol. The van der Waals surface area contributed by atoms with Crippen LogP contribution in [0.3, 0.4) is 0 Å². The predicted octanol–water partition coefficient (Wildman–Crippen LogP) is 0.966. The van der Waals surface area contributed by atoms with E-state index in [2.05, 4.69) is 5.32 Å². The van der Waals surface area contributed by atoms with Gasteiger partial charge in [-0.15, -0.1) is 0 Å². The molecule has 2 unspecified atom stereocenters. The molecule has 0 radical (unpaired) electrons. The molecule has 0 aliphatic carbocycles. The Labute approximate surface area is 128 Å². The molecule has 2 aliphatic rings. The van der Waals surface area contributed by atoms with Crippen LogP contribution in [0.2, 0.25) is 0 Å². The average molecular weight is 302 g/mol. The molecule has 0 saturated carbocycles. The highest BCUT2D eigenvalue weighted by atomic mass is 16.5. The Kier molecular flexibility index (Phi) is 3.94. The fourth-order valence-corrected chi connectivity index (χ4v) is 2.84. The van der Waals surface area contributed by atoms with E-state index in [9.17, 15) is 14.4 Å². The number of nitrogens with zero attached hydrogens (tertiary/aromatic N) is 1. The van der Waals surface area contributed by atoms with Crippen LogP contribution in [0.25, 0.3) is 0 Å². The molecule has 0 aromatic heterocycles. The predicted molar refractivity (Wildman–Crippen MR) is 78.4 cm³/mol. The number of carbonyl (C=O) groups excluding carboxylic acids is 3. The maximum absolute atomic E-state index is 12.3. The number of hydrogen-bond donors (Lipinski definition) is 1. The van der Waals surface area contributed by atoms with Gasteiger partial charge in [0, 0.05) is 13.2 Å². The number of hydrogen-bond acceptors (Lipinski definition) is 4. The molecule has 3 rings (SSSR count). The van der Waals surface area contributed by atoms with Crippen LogP contribution >= 0.6 is 0 Å². The molecule has 2 aliphatic heterocycles. The second-order valence-corrected chi connectivity index (χ2v) is 5.58. The van der Waals surface area contributed by atoms with Gasteiger partial charge in [-0.2, -0.15) is 0 Å². The van der Waals surface area contributed by atoms with Crippen molar-refractivity contribution in [2.45, 2.75) is 31.9 Å². The van der Waals surface area contributed by atoms with Crippen molar-refractivity contribution in [1.29, 1.82) is 0 Å². The topological polar surface area (TPSA) is 75.7 Å². The Balaban J connectivity index is 1.67. The number of carbonyl (C=O) groups is 3. The van der Waals surface area contributed by atoms with Crippen molar-refractivity contribution >= 4 is 17.7 Å². The first-order valence-electron chi connectivity index (χ1n) is 7.46. The molecular formula is C16H18N2O4. The largest absolute Gasteiger partial charge is 0.376 e. The van der Waals surface area contributed by atoms with Gasteiger partial charge in [0.05, 0.1) is 17.2 Å². The molecule has 1 aromatic rings. The zero-order valence-electron chi connectivity index (χ0n) is 12.4. The van der Waals surface area contributed by atoms with Crippen LogP contribution in [0.4, 0.5) is 0 Å². The summed E-state index contributed by atoms with van der Waals surface area (Å²) < 4.78 is 5.44. The van der Waals surface area contributed by atoms with Crippen LogP contribution in [-0.2, 0) is 9.53 Å². The summed E-state index contributed by atoms with van der Waals surface area (Å²) in [5.74, 6) is -1.18. The standard InChI is InChI=1S/C16H18N2O4/c1-10(14(19)17-9-11-5-4-8-22-11)18-15(20)12-6-2-3-7-13(12)16(18)21/h2-3,6-7,10-11H,4-5,8-9H2,1H3,(H,17,19). The zero-order chi connectivity index (χ0) is 15.7. The van der Waals surface area contributed by atoms with Crippen molar-refractivity contribution < 1.29 is 19.1 Å². The second-order valence-electron chi connectivity index (χ2n) is 5.58. The van der Waals surface area contributed by atoms with E-state index in [1.165, 1.54) is 0 Å². The lowest BCUT2D eigenvalue weighted by Crippen LogP contribution is -2.49. The lowest BCUT2D eigenvalue weighted by molar-refractivity contribution is -0.125. The molecule has 3 amide bonds. The third-order valence-electron chi connectivity index (χ3n) is 4.12. The summed E-state index contributed by atoms with van der Waals surface area (Å²) in [5, 5.41) is 2.76. The summed E-state index contributed by atoms with van der Waals surface area (Å²) in [5.41, 5.74) is 0.706. The van der Waals surface area contributed by atoms with Gasteiger partial charge < -0.3 is 10.1 Å². The van der Waals surface area contributed by atoms with Gasteiger partial charge in [0.1, 0.15) is 6.04 Å². The minimum Gasteiger partial charge on any atom is -0.376 e. The van der Waals surface area contributed by atoms with E-state index in [-0.39, 0.29) is 12.0 Å². The van der Waals surface area contributed by atoms with Gasteiger partial charge in [-0.25, -0.2) is 0 Å². The number of fused-ring (bicyclic) bond motifs is 1. The van der Waals surface area contributed by atoms with Crippen LogP contribution in [0.5, 0.6) is 0 Å². The van der Waals surface area contributed by atoms with Crippen molar-refractivity contribution in [3.05, 3.63) is 35.4 Å². The van der Waals surface area contributed by atoms with Crippen LogP contribution in [0.15, 0.2) is 24.3 Å². The lowest BCUT2D eigenvalue weighted by atomic mass is 10.1. The highest BCUT2D eigenvalue weighted by molar-refractivity contribution is 6.22. The Bertz CT molecular complexity index is 587. The number of benzene rings is 1. The highest BCUT2D eigenvalue weighted by Gasteiger charge is 2.40. The summed E-state index contributed by atoms with van der Waals surface area (Å²) >= 11 is 0. The summed E-state index contributed by atoms with van der Waals surface area (Å²) in [6.07, 6.45) is 1.94. The maximum atomic E-state index is 12.3. The van der Waals surface area contributed by atoms with Gasteiger partial charge in [-0.1, -0.05) is 12.1 Å². The molecule has 1 N–H and O–H groups in total. The van der Waals surface area contributed by atoms with Gasteiger partial charge in [-0.05, 0) is 31.9 Å². The summed E-state index contributed by atoms with van der Waals surface area (Å²) in [4.78, 5) is 37.9. The van der Waals surface area contributed by atoms with Crippen molar-refractivity contribution in [3.63, 3.8) is 0 Å². The van der Waals surface area contributed by atoms with Crippen LogP contribution in [-0.4, -0.2) is 47.9 Å². The molecule has 22 heavy (non-hydrogen) atoms. The SMILES string of the molecule is CC(C(=O)NCC1CCCO1)N1C(=O)c2ccccc2C1=O. The quantitative estimate of drug-likeness (QED) is 0.841. The molecule has 0 bridgehead atoms. The molecule has 1 saturated heterocycles. The van der Waals surface area contributed by atoms with Gasteiger partial charge in [-0.3, -0.25) is 19.3 Å². The summed E-state index contributed by atoms with van der Waals surface area (Å²) in [6, 6.07) is 5.78. The van der Waals surface area contributed by atoms with Gasteiger partial charge >= 0.3 is 0 Å². The van der Waals surface area contributed by atoms with E-state index >= 15 is 0 Å². The Morgan fingerprint density at radius 2 is 1.95 bits per heavy atom. The highest BCUT2D eigenvalue weighted by Crippen LogP contribution is 2.24. The van der Waals surface area contributed by atoms with E-state index in [4.69, 9.17) is 4.74 Å². The summed E-state index contributed by atoms with van der Waals surface area (Å²) in [7, 11) is 0. The van der Waals surface area contributed by atoms with Crippen molar-refractivity contribution in [1.82, 2.24) is 10.2 Å². The molecule has 0 spiro atoms. The first-order valence-corrected chi connectivity index (χ1v) is 7.46. The van der Waals surface area contributed by atoms with Gasteiger partial charge in [0.25, 0.3) is 11.8 Å². The average Bonchev–Trinajstić information content (AvgIpc) is 3.13. The summed E-state index contributed by atoms with van der Waals surface area (Å²) in [6.45, 7) is 2.69. The number of amides is 3. The fourth-order valence-electron chi connectivity index (χ4n) is 2.84. The monoisotopic (exact) mass is 302 g/mol. The molecule has 6 nitrogen and oxygen atoms in total. The number of ether oxygens (including phenoxy) is 1. The smallest absolute Gasteiger partial charge is 0.262 e. The molecule has 116 valence electrons. The second kappa shape index (κ2) is 5.88. The zero-order valence-corrected chi connectivity index (χ0v) is 12.4. The van der Waals surface area contributed by atoms with Crippen molar-refractivity contribution in [3.8, 4) is 0 Å². The van der Waals surface area contributed by atoms with Gasteiger partial charge in [0.15, 0.2) is 0 Å². The van der Waals surface area contributed by atoms with E-state index in [1.54, 1.807) is 31.2 Å². The van der Waals surface area contributed by atoms with Crippen molar-refractivity contribution in [2.75, 3.05) is 13.2 Å². The lowest BCUT2D eigenvalue weighted by Gasteiger charge is -2.22. The molecule has 1 fully saturated rings. The van der Waals surface area contributed by atoms with E-state index in [0.717, 1.165) is 17.7 Å². The van der Waals surface area contributed by atoms with Crippen LogP contribution < -0.4 is 5.32 Å². The molecule has 2 heterocycles. The van der Waals surface area contributed by atoms with E-state index in [1.807, 2.05) is 0 Å². The van der Waals surface area contributed by atoms with Crippen LogP contribution in [0.1, 0.15) is 40.5 Å². The molecule has 2 atom stereocenters. The maximum Gasteiger partial charge on any atom is 0.262 e. The van der Waals surface area contributed by atoms with E-state index < -0.39 is 17.9 Å². The Morgan fingerprint density at radius 1 is 1.32 bits per heavy atom. The number of rotatable bonds is 4. The first-order chi connectivity index (χ1) is 10.6. The third-order valence-corrected chi connectivity index (χ3v) is 4.12.